The van der Waals surface area contributed by atoms with Gasteiger partial charge in [-0.1, -0.05) is 6.07 Å². The molecule has 8 nitrogen and oxygen atoms in total. The average molecular weight is 349 g/mol. The predicted molar refractivity (Wildman–Crippen MR) is 87.5 cm³/mol. The van der Waals surface area contributed by atoms with Crippen LogP contribution in [0.5, 0.6) is 0 Å². The number of sulfonamides is 1. The van der Waals surface area contributed by atoms with Gasteiger partial charge in [0.25, 0.3) is 0 Å². The van der Waals surface area contributed by atoms with Crippen molar-refractivity contribution in [1.82, 2.24) is 24.4 Å². The first-order chi connectivity index (χ1) is 11.4. The van der Waals surface area contributed by atoms with E-state index in [1.807, 2.05) is 18.2 Å². The lowest BCUT2D eigenvalue weighted by Crippen LogP contribution is -2.45. The highest BCUT2D eigenvalue weighted by Gasteiger charge is 2.29. The largest absolute Gasteiger partial charge is 0.334 e. The Kier molecular flexibility index (Phi) is 4.63. The number of rotatable bonds is 5. The van der Waals surface area contributed by atoms with Gasteiger partial charge in [-0.05, 0) is 18.2 Å². The molecule has 0 spiro atoms. The topological polar surface area (TPSA) is 97.2 Å². The molecular weight excluding hydrogens is 330 g/mol. The molecule has 0 radical (unpaired) electrons. The van der Waals surface area contributed by atoms with Gasteiger partial charge in [0, 0.05) is 31.2 Å². The molecule has 1 aliphatic heterocycles. The molecule has 24 heavy (non-hydrogen) atoms. The first kappa shape index (κ1) is 16.6. The third-order valence-corrected chi connectivity index (χ3v) is 4.57. The Labute approximate surface area is 140 Å². The van der Waals surface area contributed by atoms with E-state index in [1.165, 1.54) is 0 Å². The van der Waals surface area contributed by atoms with E-state index in [0.29, 0.717) is 18.8 Å². The van der Waals surface area contributed by atoms with Gasteiger partial charge in [-0.3, -0.25) is 14.5 Å². The van der Waals surface area contributed by atoms with Crippen LogP contribution in [0.2, 0.25) is 0 Å². The summed E-state index contributed by atoms with van der Waals surface area (Å²) in [5.41, 5.74) is 1.60. The number of pyridine rings is 1. The number of carbonyl (C=O) groups is 1. The second kappa shape index (κ2) is 6.70. The molecular formula is C15H19N5O3S. The van der Waals surface area contributed by atoms with Gasteiger partial charge >= 0.3 is 0 Å². The Bertz CT molecular complexity index is 819. The van der Waals surface area contributed by atoms with Crippen LogP contribution in [0.1, 0.15) is 17.4 Å². The second-order valence-electron chi connectivity index (χ2n) is 5.81. The van der Waals surface area contributed by atoms with E-state index < -0.39 is 10.0 Å². The molecule has 1 atom stereocenters. The molecule has 0 bridgehead atoms. The molecule has 1 amide bonds. The highest BCUT2D eigenvalue weighted by atomic mass is 32.2. The van der Waals surface area contributed by atoms with Gasteiger partial charge in [0.05, 0.1) is 31.0 Å². The second-order valence-corrected chi connectivity index (χ2v) is 7.65. The summed E-state index contributed by atoms with van der Waals surface area (Å²) in [4.78, 5) is 18.5. The van der Waals surface area contributed by atoms with E-state index >= 15 is 0 Å². The highest BCUT2D eigenvalue weighted by molar-refractivity contribution is 7.88. The lowest BCUT2D eigenvalue weighted by atomic mass is 10.1. The Balaban J connectivity index is 1.73. The third-order valence-electron chi connectivity index (χ3n) is 3.87. The molecule has 0 saturated carbocycles. The van der Waals surface area contributed by atoms with Gasteiger partial charge in [-0.2, -0.15) is 5.10 Å². The maximum absolute atomic E-state index is 12.6. The van der Waals surface area contributed by atoms with Crippen molar-refractivity contribution in [3.8, 4) is 0 Å². The number of aromatic nitrogens is 3. The van der Waals surface area contributed by atoms with Crippen molar-refractivity contribution in [2.24, 2.45) is 0 Å². The molecule has 1 aliphatic rings. The van der Waals surface area contributed by atoms with Crippen molar-refractivity contribution in [2.75, 3.05) is 19.3 Å². The summed E-state index contributed by atoms with van der Waals surface area (Å²) in [6, 6.07) is 7.08. The van der Waals surface area contributed by atoms with Crippen molar-refractivity contribution in [3.63, 3.8) is 0 Å². The van der Waals surface area contributed by atoms with Gasteiger partial charge in [-0.25, -0.2) is 13.1 Å². The summed E-state index contributed by atoms with van der Waals surface area (Å²) in [7, 11) is -3.30. The average Bonchev–Trinajstić information content (AvgIpc) is 3.01. The number of fused-ring (bicyclic) bond motifs is 1. The van der Waals surface area contributed by atoms with Crippen LogP contribution in [0.15, 0.2) is 36.7 Å². The highest BCUT2D eigenvalue weighted by Crippen LogP contribution is 2.20. The molecule has 0 aliphatic carbocycles. The fraction of sp³-hybridized carbons (Fsp3) is 0.400. The van der Waals surface area contributed by atoms with Crippen LogP contribution >= 0.6 is 0 Å². The first-order valence-electron chi connectivity index (χ1n) is 7.57. The fourth-order valence-electron chi connectivity index (χ4n) is 2.75. The molecule has 2 aromatic heterocycles. The Morgan fingerprint density at radius 1 is 1.33 bits per heavy atom. The number of hydrogen-bond acceptors (Lipinski definition) is 5. The minimum absolute atomic E-state index is 0.0366. The zero-order valence-corrected chi connectivity index (χ0v) is 14.1. The molecule has 1 N–H and O–H groups in total. The van der Waals surface area contributed by atoms with E-state index in [-0.39, 0.29) is 24.9 Å². The normalized spacial score (nSPS) is 17.5. The van der Waals surface area contributed by atoms with Crippen LogP contribution < -0.4 is 4.72 Å². The Hall–Kier alpha value is -2.26. The monoisotopic (exact) mass is 349 g/mol. The minimum Gasteiger partial charge on any atom is -0.334 e. The van der Waals surface area contributed by atoms with Crippen molar-refractivity contribution in [3.05, 3.63) is 48.0 Å². The predicted octanol–water partition coefficient (Wildman–Crippen LogP) is -0.0467. The van der Waals surface area contributed by atoms with Crippen LogP contribution in [0.4, 0.5) is 0 Å². The summed E-state index contributed by atoms with van der Waals surface area (Å²) in [5, 5.41) is 4.25. The summed E-state index contributed by atoms with van der Waals surface area (Å²) in [5.74, 6) is -0.0366. The standard InChI is InChI=1S/C15H19N5O3S/c1-24(22,23)18-9-14-11-19(10-13-5-7-17-20(13)14)15(21)8-12-4-2-3-6-16-12/h2-7,14,18H,8-11H2,1H3/t14-/m1/s1. The number of nitrogens with one attached hydrogen (secondary N) is 1. The summed E-state index contributed by atoms with van der Waals surface area (Å²) in [6.07, 6.45) is 4.66. The van der Waals surface area contributed by atoms with Crippen molar-refractivity contribution >= 4 is 15.9 Å². The van der Waals surface area contributed by atoms with Crippen LogP contribution in [0, 0.1) is 0 Å². The Morgan fingerprint density at radius 3 is 2.88 bits per heavy atom. The van der Waals surface area contributed by atoms with Gasteiger partial charge in [0.2, 0.25) is 15.9 Å². The third kappa shape index (κ3) is 3.98. The zero-order chi connectivity index (χ0) is 17.2. The summed E-state index contributed by atoms with van der Waals surface area (Å²) < 4.78 is 27.0. The zero-order valence-electron chi connectivity index (χ0n) is 13.3. The SMILES string of the molecule is CS(=O)(=O)NC[C@@H]1CN(C(=O)Cc2ccccn2)Cc2ccnn21. The van der Waals surface area contributed by atoms with Crippen molar-refractivity contribution in [1.29, 1.82) is 0 Å². The number of nitrogens with zero attached hydrogens (tertiary/aromatic N) is 4. The molecule has 3 rings (SSSR count). The van der Waals surface area contributed by atoms with Gasteiger partial charge in [0.15, 0.2) is 0 Å². The quantitative estimate of drug-likeness (QED) is 0.816. The van der Waals surface area contributed by atoms with Gasteiger partial charge in [-0.15, -0.1) is 0 Å². The van der Waals surface area contributed by atoms with Gasteiger partial charge in [0.1, 0.15) is 0 Å². The number of carbonyl (C=O) groups excluding carboxylic acids is 1. The fourth-order valence-corrected chi connectivity index (χ4v) is 3.24. The molecule has 0 unspecified atom stereocenters. The molecule has 0 saturated heterocycles. The molecule has 128 valence electrons. The maximum atomic E-state index is 12.6. The Morgan fingerprint density at radius 2 is 2.17 bits per heavy atom. The van der Waals surface area contributed by atoms with E-state index in [4.69, 9.17) is 0 Å². The lowest BCUT2D eigenvalue weighted by Gasteiger charge is -2.34. The van der Waals surface area contributed by atoms with E-state index in [0.717, 1.165) is 11.9 Å². The maximum Gasteiger partial charge on any atom is 0.229 e. The van der Waals surface area contributed by atoms with Gasteiger partial charge < -0.3 is 4.90 Å². The van der Waals surface area contributed by atoms with Crippen LogP contribution in [0.3, 0.4) is 0 Å². The minimum atomic E-state index is -3.30. The molecule has 0 fully saturated rings. The van der Waals surface area contributed by atoms with Crippen LogP contribution in [0.25, 0.3) is 0 Å². The smallest absolute Gasteiger partial charge is 0.229 e. The summed E-state index contributed by atoms with van der Waals surface area (Å²) in [6.45, 7) is 1.06. The number of hydrogen-bond donors (Lipinski definition) is 1. The molecule has 3 heterocycles. The van der Waals surface area contributed by atoms with Crippen LogP contribution in [-0.4, -0.2) is 53.3 Å². The number of amides is 1. The lowest BCUT2D eigenvalue weighted by molar-refractivity contribution is -0.132. The van der Waals surface area contributed by atoms with Crippen molar-refractivity contribution < 1.29 is 13.2 Å². The first-order valence-corrected chi connectivity index (χ1v) is 9.46. The van der Waals surface area contributed by atoms with E-state index in [2.05, 4.69) is 14.8 Å². The molecule has 9 heteroatoms. The van der Waals surface area contributed by atoms with Crippen molar-refractivity contribution in [2.45, 2.75) is 19.0 Å². The van der Waals surface area contributed by atoms with Crippen LogP contribution in [-0.2, 0) is 27.8 Å². The molecule has 2 aromatic rings. The summed E-state index contributed by atoms with van der Waals surface area (Å²) >= 11 is 0. The van der Waals surface area contributed by atoms with E-state index in [1.54, 1.807) is 28.0 Å². The van der Waals surface area contributed by atoms with E-state index in [9.17, 15) is 13.2 Å². The molecule has 0 aromatic carbocycles.